The Balaban J connectivity index is 2.27. The number of anilines is 1. The zero-order valence-corrected chi connectivity index (χ0v) is 14.0. The summed E-state index contributed by atoms with van der Waals surface area (Å²) in [5.41, 5.74) is 3.23. The number of aryl methyl sites for hydroxylation is 1. The van der Waals surface area contributed by atoms with Gasteiger partial charge in [-0.1, -0.05) is 45.2 Å². The molecular weight excluding hydrogens is 338 g/mol. The first-order chi connectivity index (χ1) is 9.51. The molecule has 1 N–H and O–H groups in total. The third kappa shape index (κ3) is 3.47. The Bertz CT molecular complexity index is 615. The summed E-state index contributed by atoms with van der Waals surface area (Å²) < 4.78 is 6.39. The van der Waals surface area contributed by atoms with Crippen molar-refractivity contribution in [2.24, 2.45) is 0 Å². The van der Waals surface area contributed by atoms with Crippen LogP contribution >= 0.6 is 27.5 Å². The van der Waals surface area contributed by atoms with Crippen LogP contribution in [0.1, 0.15) is 24.1 Å². The number of methoxy groups -OCH3 is 1. The molecule has 2 rings (SSSR count). The highest BCUT2D eigenvalue weighted by Crippen LogP contribution is 2.32. The molecule has 0 aliphatic rings. The van der Waals surface area contributed by atoms with Crippen molar-refractivity contribution in [2.45, 2.75) is 19.9 Å². The van der Waals surface area contributed by atoms with Crippen LogP contribution in [0.4, 0.5) is 5.69 Å². The highest BCUT2D eigenvalue weighted by Gasteiger charge is 2.13. The van der Waals surface area contributed by atoms with E-state index in [0.717, 1.165) is 21.5 Å². The molecule has 0 amide bonds. The van der Waals surface area contributed by atoms with Crippen LogP contribution in [0.2, 0.25) is 5.02 Å². The maximum absolute atomic E-state index is 6.24. The lowest BCUT2D eigenvalue weighted by atomic mass is 10.0. The molecule has 2 aromatic carbocycles. The zero-order chi connectivity index (χ0) is 14.7. The Labute approximate surface area is 133 Å². The summed E-state index contributed by atoms with van der Waals surface area (Å²) in [4.78, 5) is 0. The normalized spacial score (nSPS) is 12.1. The molecule has 2 aromatic rings. The molecule has 4 heteroatoms. The summed E-state index contributed by atoms with van der Waals surface area (Å²) >= 11 is 9.65. The second-order valence-electron chi connectivity index (χ2n) is 4.74. The maximum Gasteiger partial charge on any atom is 0.124 e. The van der Waals surface area contributed by atoms with E-state index in [-0.39, 0.29) is 6.04 Å². The average molecular weight is 355 g/mol. The molecule has 0 aliphatic heterocycles. The summed E-state index contributed by atoms with van der Waals surface area (Å²) in [6.07, 6.45) is 0. The van der Waals surface area contributed by atoms with Gasteiger partial charge in [-0.2, -0.15) is 0 Å². The van der Waals surface area contributed by atoms with E-state index >= 15 is 0 Å². The van der Waals surface area contributed by atoms with E-state index in [2.05, 4.69) is 41.2 Å². The predicted molar refractivity (Wildman–Crippen MR) is 88.9 cm³/mol. The Morgan fingerprint density at radius 1 is 1.20 bits per heavy atom. The van der Waals surface area contributed by atoms with Gasteiger partial charge in [-0.25, -0.2) is 0 Å². The van der Waals surface area contributed by atoms with Crippen LogP contribution < -0.4 is 10.1 Å². The lowest BCUT2D eigenvalue weighted by molar-refractivity contribution is 0.408. The molecule has 0 saturated heterocycles. The number of halogens is 2. The number of benzene rings is 2. The minimum atomic E-state index is 0.100. The number of rotatable bonds is 4. The smallest absolute Gasteiger partial charge is 0.124 e. The molecule has 0 heterocycles. The van der Waals surface area contributed by atoms with E-state index in [4.69, 9.17) is 16.3 Å². The molecule has 106 valence electrons. The fourth-order valence-electron chi connectivity index (χ4n) is 2.11. The minimum Gasteiger partial charge on any atom is -0.496 e. The fraction of sp³-hybridized carbons (Fsp3) is 0.250. The highest BCUT2D eigenvalue weighted by atomic mass is 79.9. The SMILES string of the molecule is COc1ccc(C)cc1C(C)Nc1ccc(Br)cc1Cl. The molecule has 0 radical (unpaired) electrons. The van der Waals surface area contributed by atoms with Crippen LogP contribution in [0, 0.1) is 6.92 Å². The molecule has 1 unspecified atom stereocenters. The van der Waals surface area contributed by atoms with Gasteiger partial charge in [-0.3, -0.25) is 0 Å². The van der Waals surface area contributed by atoms with E-state index in [1.54, 1.807) is 7.11 Å². The van der Waals surface area contributed by atoms with Gasteiger partial charge >= 0.3 is 0 Å². The summed E-state index contributed by atoms with van der Waals surface area (Å²) in [6.45, 7) is 4.16. The Kier molecular flexibility index (Phi) is 4.95. The number of hydrogen-bond donors (Lipinski definition) is 1. The molecular formula is C16H17BrClNO. The van der Waals surface area contributed by atoms with Gasteiger partial charge in [0.2, 0.25) is 0 Å². The Morgan fingerprint density at radius 3 is 2.60 bits per heavy atom. The van der Waals surface area contributed by atoms with Gasteiger partial charge in [-0.05, 0) is 38.1 Å². The highest BCUT2D eigenvalue weighted by molar-refractivity contribution is 9.10. The van der Waals surface area contributed by atoms with E-state index in [1.165, 1.54) is 5.56 Å². The van der Waals surface area contributed by atoms with Crippen molar-refractivity contribution in [3.8, 4) is 5.75 Å². The number of hydrogen-bond acceptors (Lipinski definition) is 2. The van der Waals surface area contributed by atoms with Gasteiger partial charge in [0.1, 0.15) is 5.75 Å². The monoisotopic (exact) mass is 353 g/mol. The van der Waals surface area contributed by atoms with Crippen molar-refractivity contribution < 1.29 is 4.74 Å². The van der Waals surface area contributed by atoms with Gasteiger partial charge in [0, 0.05) is 10.0 Å². The summed E-state index contributed by atoms with van der Waals surface area (Å²) in [7, 11) is 1.69. The van der Waals surface area contributed by atoms with E-state index in [9.17, 15) is 0 Å². The largest absolute Gasteiger partial charge is 0.496 e. The van der Waals surface area contributed by atoms with Crippen LogP contribution in [0.15, 0.2) is 40.9 Å². The van der Waals surface area contributed by atoms with E-state index in [0.29, 0.717) is 5.02 Å². The second kappa shape index (κ2) is 6.51. The molecule has 0 aliphatic carbocycles. The lowest BCUT2D eigenvalue weighted by Crippen LogP contribution is -2.08. The molecule has 1 atom stereocenters. The first kappa shape index (κ1) is 15.2. The van der Waals surface area contributed by atoms with Crippen molar-refractivity contribution in [1.29, 1.82) is 0 Å². The lowest BCUT2D eigenvalue weighted by Gasteiger charge is -2.20. The standard InChI is InChI=1S/C16H17BrClNO/c1-10-4-7-16(20-3)13(8-10)11(2)19-15-6-5-12(17)9-14(15)18/h4-9,11,19H,1-3H3. The number of nitrogens with one attached hydrogen (secondary N) is 1. The molecule has 0 aromatic heterocycles. The third-order valence-corrected chi connectivity index (χ3v) is 3.96. The van der Waals surface area contributed by atoms with Crippen molar-refractivity contribution in [3.05, 3.63) is 57.0 Å². The van der Waals surface area contributed by atoms with E-state index in [1.807, 2.05) is 30.3 Å². The van der Waals surface area contributed by atoms with Crippen molar-refractivity contribution >= 4 is 33.2 Å². The van der Waals surface area contributed by atoms with Gasteiger partial charge in [0.05, 0.1) is 23.9 Å². The maximum atomic E-state index is 6.24. The second-order valence-corrected chi connectivity index (χ2v) is 6.06. The summed E-state index contributed by atoms with van der Waals surface area (Å²) in [5.74, 6) is 0.879. The summed E-state index contributed by atoms with van der Waals surface area (Å²) in [6, 6.07) is 12.1. The zero-order valence-electron chi connectivity index (χ0n) is 11.7. The third-order valence-electron chi connectivity index (χ3n) is 3.15. The molecule has 20 heavy (non-hydrogen) atoms. The molecule has 0 bridgehead atoms. The molecule has 0 spiro atoms. The Hall–Kier alpha value is -1.19. The minimum absolute atomic E-state index is 0.100. The van der Waals surface area contributed by atoms with Crippen LogP contribution in [-0.2, 0) is 0 Å². The van der Waals surface area contributed by atoms with Crippen molar-refractivity contribution in [2.75, 3.05) is 12.4 Å². The van der Waals surface area contributed by atoms with Gasteiger partial charge in [-0.15, -0.1) is 0 Å². The number of ether oxygens (including phenoxy) is 1. The van der Waals surface area contributed by atoms with Crippen LogP contribution in [0.3, 0.4) is 0 Å². The average Bonchev–Trinajstić information content (AvgIpc) is 2.41. The predicted octanol–water partition coefficient (Wildman–Crippen LogP) is 5.59. The topological polar surface area (TPSA) is 21.3 Å². The Morgan fingerprint density at radius 2 is 1.95 bits per heavy atom. The van der Waals surface area contributed by atoms with Crippen molar-refractivity contribution in [1.82, 2.24) is 0 Å². The van der Waals surface area contributed by atoms with Crippen LogP contribution in [0.25, 0.3) is 0 Å². The van der Waals surface area contributed by atoms with Gasteiger partial charge in [0.25, 0.3) is 0 Å². The van der Waals surface area contributed by atoms with E-state index < -0.39 is 0 Å². The fourth-order valence-corrected chi connectivity index (χ4v) is 2.84. The van der Waals surface area contributed by atoms with Crippen LogP contribution in [0.5, 0.6) is 5.75 Å². The summed E-state index contributed by atoms with van der Waals surface area (Å²) in [5, 5.41) is 4.12. The first-order valence-corrected chi connectivity index (χ1v) is 7.54. The molecule has 0 saturated carbocycles. The molecule has 2 nitrogen and oxygen atoms in total. The molecule has 0 fully saturated rings. The first-order valence-electron chi connectivity index (χ1n) is 6.37. The van der Waals surface area contributed by atoms with Gasteiger partial charge < -0.3 is 10.1 Å². The van der Waals surface area contributed by atoms with Crippen molar-refractivity contribution in [3.63, 3.8) is 0 Å². The van der Waals surface area contributed by atoms with Crippen LogP contribution in [-0.4, -0.2) is 7.11 Å². The quantitative estimate of drug-likeness (QED) is 0.772. The van der Waals surface area contributed by atoms with Gasteiger partial charge in [0.15, 0.2) is 0 Å².